The summed E-state index contributed by atoms with van der Waals surface area (Å²) < 4.78 is 5.06. The molecule has 3 N–H and O–H groups in total. The molecule has 1 aromatic heterocycles. The molecule has 2 unspecified atom stereocenters. The third-order valence-corrected chi connectivity index (χ3v) is 4.82. The molecule has 7 heteroatoms. The zero-order chi connectivity index (χ0) is 18.4. The first-order valence-corrected chi connectivity index (χ1v) is 9.07. The van der Waals surface area contributed by atoms with Gasteiger partial charge in [-0.05, 0) is 74.2 Å². The van der Waals surface area contributed by atoms with E-state index in [-0.39, 0.29) is 30.0 Å². The van der Waals surface area contributed by atoms with E-state index in [0.717, 1.165) is 18.8 Å². The predicted octanol–water partition coefficient (Wildman–Crippen LogP) is 3.92. The first kappa shape index (κ1) is 21.0. The van der Waals surface area contributed by atoms with Crippen molar-refractivity contribution in [3.63, 3.8) is 0 Å². The lowest BCUT2D eigenvalue weighted by atomic mass is 9.85. The summed E-state index contributed by atoms with van der Waals surface area (Å²) in [5, 5.41) is 9.07. The first-order valence-electron chi connectivity index (χ1n) is 9.07. The highest BCUT2D eigenvalue weighted by Crippen LogP contribution is 2.23. The average Bonchev–Trinajstić information content (AvgIpc) is 3.19. The summed E-state index contributed by atoms with van der Waals surface area (Å²) in [6, 6.07) is 10.3. The number of hydrogen-bond donors (Lipinski definition) is 3. The van der Waals surface area contributed by atoms with E-state index >= 15 is 0 Å². The number of benzene rings is 1. The van der Waals surface area contributed by atoms with Gasteiger partial charge in [0.15, 0.2) is 5.76 Å². The molecule has 2 aromatic rings. The molecule has 1 aliphatic heterocycles. The summed E-state index contributed by atoms with van der Waals surface area (Å²) in [6.07, 6.45) is 4.34. The maximum Gasteiger partial charge on any atom is 0.291 e. The zero-order valence-electron chi connectivity index (χ0n) is 15.4. The van der Waals surface area contributed by atoms with Crippen LogP contribution in [0.4, 0.5) is 11.4 Å². The molecule has 27 heavy (non-hydrogen) atoms. The molecule has 3 rings (SSSR count). The van der Waals surface area contributed by atoms with E-state index in [9.17, 15) is 9.59 Å². The van der Waals surface area contributed by atoms with Crippen molar-refractivity contribution < 1.29 is 14.0 Å². The Bertz CT molecular complexity index is 725. The Morgan fingerprint density at radius 1 is 1.19 bits per heavy atom. The second kappa shape index (κ2) is 10.1. The van der Waals surface area contributed by atoms with Gasteiger partial charge in [0.1, 0.15) is 0 Å². The number of furan rings is 1. The molecular weight excluding hydrogens is 366 g/mol. The minimum Gasteiger partial charge on any atom is -0.459 e. The number of halogens is 1. The highest BCUT2D eigenvalue weighted by Gasteiger charge is 2.22. The van der Waals surface area contributed by atoms with Crippen LogP contribution in [-0.4, -0.2) is 24.9 Å². The molecule has 0 radical (unpaired) electrons. The molecular formula is C20H26ClN3O3. The summed E-state index contributed by atoms with van der Waals surface area (Å²) in [5.74, 6) is 0.897. The van der Waals surface area contributed by atoms with Gasteiger partial charge in [0.05, 0.1) is 6.26 Å². The summed E-state index contributed by atoms with van der Waals surface area (Å²) in [4.78, 5) is 24.2. The van der Waals surface area contributed by atoms with Crippen molar-refractivity contribution in [2.24, 2.45) is 11.8 Å². The summed E-state index contributed by atoms with van der Waals surface area (Å²) >= 11 is 0. The Labute approximate surface area is 165 Å². The van der Waals surface area contributed by atoms with Crippen LogP contribution in [-0.2, 0) is 4.79 Å². The summed E-state index contributed by atoms with van der Waals surface area (Å²) in [5.41, 5.74) is 1.37. The number of piperidine rings is 1. The zero-order valence-corrected chi connectivity index (χ0v) is 16.2. The third kappa shape index (κ3) is 6.12. The number of hydrogen-bond acceptors (Lipinski definition) is 4. The van der Waals surface area contributed by atoms with Gasteiger partial charge in [0.25, 0.3) is 5.91 Å². The van der Waals surface area contributed by atoms with E-state index in [0.29, 0.717) is 23.9 Å². The molecule has 146 valence electrons. The lowest BCUT2D eigenvalue weighted by Crippen LogP contribution is -2.34. The summed E-state index contributed by atoms with van der Waals surface area (Å²) in [7, 11) is 0. The standard InChI is InChI=1S/C20H25N3O3.ClH/c1-14(15-4-2-10-21-13-15)12-19(24)22-16-6-8-17(9-7-16)23-20(25)18-5-3-11-26-18;/h3,5-9,11,14-15,21H,2,4,10,12-13H2,1H3,(H,22,24)(H,23,25);1H. The van der Waals surface area contributed by atoms with E-state index in [1.165, 1.54) is 19.1 Å². The van der Waals surface area contributed by atoms with E-state index in [1.54, 1.807) is 36.4 Å². The van der Waals surface area contributed by atoms with Gasteiger partial charge in [0, 0.05) is 17.8 Å². The second-order valence-electron chi connectivity index (χ2n) is 6.84. The van der Waals surface area contributed by atoms with Crippen LogP contribution in [0.25, 0.3) is 0 Å². The van der Waals surface area contributed by atoms with Gasteiger partial charge in [-0.15, -0.1) is 12.4 Å². The molecule has 1 fully saturated rings. The van der Waals surface area contributed by atoms with Gasteiger partial charge in [-0.1, -0.05) is 6.92 Å². The highest BCUT2D eigenvalue weighted by molar-refractivity contribution is 6.02. The average molecular weight is 392 g/mol. The minimum absolute atomic E-state index is 0. The van der Waals surface area contributed by atoms with Crippen LogP contribution in [0.15, 0.2) is 47.1 Å². The number of carbonyl (C=O) groups is 2. The minimum atomic E-state index is -0.304. The van der Waals surface area contributed by atoms with Gasteiger partial charge >= 0.3 is 0 Å². The van der Waals surface area contributed by atoms with Crippen LogP contribution in [0, 0.1) is 11.8 Å². The normalized spacial score (nSPS) is 17.4. The van der Waals surface area contributed by atoms with E-state index in [1.807, 2.05) is 0 Å². The Kier molecular flexibility index (Phi) is 7.88. The maximum absolute atomic E-state index is 12.3. The van der Waals surface area contributed by atoms with E-state index in [2.05, 4.69) is 22.9 Å². The fourth-order valence-electron chi connectivity index (χ4n) is 3.27. The van der Waals surface area contributed by atoms with Crippen molar-refractivity contribution in [1.82, 2.24) is 5.32 Å². The maximum atomic E-state index is 12.3. The molecule has 0 aliphatic carbocycles. The van der Waals surface area contributed by atoms with Crippen molar-refractivity contribution in [2.75, 3.05) is 23.7 Å². The fourth-order valence-corrected chi connectivity index (χ4v) is 3.27. The van der Waals surface area contributed by atoms with E-state index < -0.39 is 0 Å². The van der Waals surface area contributed by atoms with Gasteiger partial charge in [-0.2, -0.15) is 0 Å². The lowest BCUT2D eigenvalue weighted by Gasteiger charge is -2.28. The van der Waals surface area contributed by atoms with Crippen molar-refractivity contribution in [3.8, 4) is 0 Å². The summed E-state index contributed by atoms with van der Waals surface area (Å²) in [6.45, 7) is 4.22. The van der Waals surface area contributed by atoms with Crippen molar-refractivity contribution in [2.45, 2.75) is 26.2 Å². The molecule has 6 nitrogen and oxygen atoms in total. The molecule has 0 saturated carbocycles. The van der Waals surface area contributed by atoms with Crippen molar-refractivity contribution in [3.05, 3.63) is 48.4 Å². The molecule has 2 heterocycles. The molecule has 1 saturated heterocycles. The van der Waals surface area contributed by atoms with Crippen molar-refractivity contribution in [1.29, 1.82) is 0 Å². The lowest BCUT2D eigenvalue weighted by molar-refractivity contribution is -0.117. The Balaban J connectivity index is 0.00000261. The van der Waals surface area contributed by atoms with Crippen LogP contribution in [0.5, 0.6) is 0 Å². The van der Waals surface area contributed by atoms with E-state index in [4.69, 9.17) is 4.42 Å². The Hall–Kier alpha value is -2.31. The highest BCUT2D eigenvalue weighted by atomic mass is 35.5. The number of amides is 2. The Morgan fingerprint density at radius 3 is 2.48 bits per heavy atom. The number of carbonyl (C=O) groups excluding carboxylic acids is 2. The monoisotopic (exact) mass is 391 g/mol. The van der Waals surface area contributed by atoms with Gasteiger partial charge in [-0.25, -0.2) is 0 Å². The number of anilines is 2. The molecule has 2 atom stereocenters. The molecule has 2 amide bonds. The van der Waals surface area contributed by atoms with Gasteiger partial charge in [-0.3, -0.25) is 9.59 Å². The topological polar surface area (TPSA) is 83.4 Å². The molecule has 1 aromatic carbocycles. The smallest absolute Gasteiger partial charge is 0.291 e. The SMILES string of the molecule is CC(CC(=O)Nc1ccc(NC(=O)c2ccco2)cc1)C1CCCNC1.Cl. The third-order valence-electron chi connectivity index (χ3n) is 4.82. The van der Waals surface area contributed by atoms with Crippen LogP contribution < -0.4 is 16.0 Å². The first-order chi connectivity index (χ1) is 12.6. The second-order valence-corrected chi connectivity index (χ2v) is 6.84. The molecule has 0 spiro atoms. The predicted molar refractivity (Wildman–Crippen MR) is 108 cm³/mol. The number of rotatable bonds is 6. The number of nitrogens with one attached hydrogen (secondary N) is 3. The van der Waals surface area contributed by atoms with Crippen LogP contribution in [0.3, 0.4) is 0 Å². The van der Waals surface area contributed by atoms with Crippen LogP contribution in [0.1, 0.15) is 36.7 Å². The van der Waals surface area contributed by atoms with Crippen LogP contribution >= 0.6 is 12.4 Å². The quantitative estimate of drug-likeness (QED) is 0.696. The van der Waals surface area contributed by atoms with Crippen LogP contribution in [0.2, 0.25) is 0 Å². The molecule has 1 aliphatic rings. The molecule has 0 bridgehead atoms. The van der Waals surface area contributed by atoms with Crippen molar-refractivity contribution >= 4 is 35.6 Å². The van der Waals surface area contributed by atoms with Gasteiger partial charge in [0.2, 0.25) is 5.91 Å². The Morgan fingerprint density at radius 2 is 1.89 bits per heavy atom. The fraction of sp³-hybridized carbons (Fsp3) is 0.400. The van der Waals surface area contributed by atoms with Gasteiger partial charge < -0.3 is 20.4 Å². The largest absolute Gasteiger partial charge is 0.459 e.